The fourth-order valence-electron chi connectivity index (χ4n) is 3.37. The molecule has 0 aliphatic heterocycles. The molecule has 1 heterocycles. The molecule has 2 aromatic carbocycles. The first-order valence-electron chi connectivity index (χ1n) is 10.1. The lowest BCUT2D eigenvalue weighted by molar-refractivity contribution is 0.589. The summed E-state index contributed by atoms with van der Waals surface area (Å²) in [5.74, 6) is -0.413. The Morgan fingerprint density at radius 3 is 1.89 bits per heavy atom. The Balaban J connectivity index is 1.76. The first kappa shape index (κ1) is 19.3. The van der Waals surface area contributed by atoms with Crippen molar-refractivity contribution in [2.75, 3.05) is 0 Å². The van der Waals surface area contributed by atoms with Crippen LogP contribution < -0.4 is 0 Å². The van der Waals surface area contributed by atoms with Crippen molar-refractivity contribution in [3.63, 3.8) is 0 Å². The predicted molar refractivity (Wildman–Crippen MR) is 112 cm³/mol. The van der Waals surface area contributed by atoms with Gasteiger partial charge in [0.25, 0.3) is 0 Å². The van der Waals surface area contributed by atoms with Gasteiger partial charge in [-0.2, -0.15) is 4.39 Å². The molecule has 0 saturated heterocycles. The molecule has 1 aromatic heterocycles. The summed E-state index contributed by atoms with van der Waals surface area (Å²) in [6, 6.07) is 20.2. The summed E-state index contributed by atoms with van der Waals surface area (Å²) in [5, 5.41) is 0. The van der Waals surface area contributed by atoms with Crippen molar-refractivity contribution in [1.82, 2.24) is 4.98 Å². The summed E-state index contributed by atoms with van der Waals surface area (Å²) < 4.78 is 14.7. The monoisotopic (exact) mass is 361 g/mol. The lowest BCUT2D eigenvalue weighted by Gasteiger charge is -2.08. The quantitative estimate of drug-likeness (QED) is 0.304. The molecule has 3 rings (SSSR count). The highest BCUT2D eigenvalue weighted by Gasteiger charge is 2.09. The maximum atomic E-state index is 14.7. The lowest BCUT2D eigenvalue weighted by Crippen LogP contribution is -1.93. The number of rotatable bonds is 8. The zero-order valence-corrected chi connectivity index (χ0v) is 16.3. The fourth-order valence-corrected chi connectivity index (χ4v) is 3.37. The van der Waals surface area contributed by atoms with Crippen molar-refractivity contribution in [2.45, 2.75) is 52.4 Å². The van der Waals surface area contributed by atoms with Gasteiger partial charge in [0.05, 0.1) is 5.69 Å². The molecular formula is C25H28FN. The second kappa shape index (κ2) is 9.45. The summed E-state index contributed by atoms with van der Waals surface area (Å²) in [6.07, 6.45) is 6.96. The molecule has 0 aliphatic carbocycles. The van der Waals surface area contributed by atoms with E-state index < -0.39 is 5.95 Å². The van der Waals surface area contributed by atoms with Crippen LogP contribution in [0.5, 0.6) is 0 Å². The normalized spacial score (nSPS) is 10.9. The van der Waals surface area contributed by atoms with Crippen molar-refractivity contribution in [3.05, 3.63) is 77.7 Å². The van der Waals surface area contributed by atoms with E-state index in [1.807, 2.05) is 36.4 Å². The highest BCUT2D eigenvalue weighted by molar-refractivity contribution is 5.67. The third-order valence-corrected chi connectivity index (χ3v) is 4.97. The molecule has 1 nitrogen and oxygen atoms in total. The van der Waals surface area contributed by atoms with Gasteiger partial charge < -0.3 is 0 Å². The molecule has 2 heteroatoms. The van der Waals surface area contributed by atoms with Gasteiger partial charge in [-0.05, 0) is 48.1 Å². The molecule has 0 fully saturated rings. The Labute approximate surface area is 162 Å². The Morgan fingerprint density at radius 2 is 1.30 bits per heavy atom. The molecule has 0 unspecified atom stereocenters. The first-order chi connectivity index (χ1) is 13.2. The Bertz CT molecular complexity index is 850. The standard InChI is InChI=1S/C25H28FN/c1-3-5-6-8-20-9-13-21(14-10-20)23-17-18-24(27-25(23)26)22-15-11-19(7-4-2)12-16-22/h9-18H,3-8H2,1-2H3. The van der Waals surface area contributed by atoms with Gasteiger partial charge in [-0.25, -0.2) is 4.98 Å². The second-order valence-electron chi connectivity index (χ2n) is 7.14. The van der Waals surface area contributed by atoms with Crippen LogP contribution in [-0.2, 0) is 12.8 Å². The molecule has 27 heavy (non-hydrogen) atoms. The van der Waals surface area contributed by atoms with Crippen molar-refractivity contribution in [3.8, 4) is 22.4 Å². The number of aromatic nitrogens is 1. The molecule has 0 amide bonds. The number of pyridine rings is 1. The maximum Gasteiger partial charge on any atom is 0.221 e. The molecule has 0 radical (unpaired) electrons. The van der Waals surface area contributed by atoms with E-state index in [1.54, 1.807) is 0 Å². The summed E-state index contributed by atoms with van der Waals surface area (Å²) in [6.45, 7) is 4.38. The minimum absolute atomic E-state index is 0.413. The Hall–Kier alpha value is -2.48. The average Bonchev–Trinajstić information content (AvgIpc) is 2.70. The third-order valence-electron chi connectivity index (χ3n) is 4.97. The molecular weight excluding hydrogens is 333 g/mol. The molecule has 0 aliphatic rings. The van der Waals surface area contributed by atoms with Crippen LogP contribution in [0.15, 0.2) is 60.7 Å². The van der Waals surface area contributed by atoms with E-state index in [0.29, 0.717) is 11.3 Å². The van der Waals surface area contributed by atoms with Crippen LogP contribution in [0, 0.1) is 5.95 Å². The minimum Gasteiger partial charge on any atom is -0.219 e. The topological polar surface area (TPSA) is 12.9 Å². The molecule has 0 bridgehead atoms. The number of benzene rings is 2. The van der Waals surface area contributed by atoms with Crippen molar-refractivity contribution < 1.29 is 4.39 Å². The van der Waals surface area contributed by atoms with E-state index in [2.05, 4.69) is 43.1 Å². The highest BCUT2D eigenvalue weighted by Crippen LogP contribution is 2.26. The summed E-state index contributed by atoms with van der Waals surface area (Å²) in [4.78, 5) is 4.21. The number of unbranched alkanes of at least 4 members (excludes halogenated alkanes) is 2. The number of aryl methyl sites for hydroxylation is 2. The highest BCUT2D eigenvalue weighted by atomic mass is 19.1. The zero-order chi connectivity index (χ0) is 19.1. The molecule has 3 aromatic rings. The molecule has 0 spiro atoms. The first-order valence-corrected chi connectivity index (χ1v) is 10.1. The van der Waals surface area contributed by atoms with Crippen molar-refractivity contribution in [2.24, 2.45) is 0 Å². The number of hydrogen-bond donors (Lipinski definition) is 0. The van der Waals surface area contributed by atoms with Crippen molar-refractivity contribution in [1.29, 1.82) is 0 Å². The van der Waals surface area contributed by atoms with Crippen LogP contribution in [0.2, 0.25) is 0 Å². The largest absolute Gasteiger partial charge is 0.221 e. The number of halogens is 1. The van der Waals surface area contributed by atoms with Crippen LogP contribution in [0.25, 0.3) is 22.4 Å². The van der Waals surface area contributed by atoms with Crippen LogP contribution in [0.4, 0.5) is 4.39 Å². The van der Waals surface area contributed by atoms with Gasteiger partial charge in [-0.3, -0.25) is 0 Å². The van der Waals surface area contributed by atoms with Gasteiger partial charge >= 0.3 is 0 Å². The van der Waals surface area contributed by atoms with Gasteiger partial charge in [-0.15, -0.1) is 0 Å². The van der Waals surface area contributed by atoms with Crippen LogP contribution in [0.1, 0.15) is 50.7 Å². The molecule has 0 N–H and O–H groups in total. The third kappa shape index (κ3) is 5.03. The molecule has 0 atom stereocenters. The van der Waals surface area contributed by atoms with Crippen LogP contribution in [-0.4, -0.2) is 4.98 Å². The van der Waals surface area contributed by atoms with E-state index in [-0.39, 0.29) is 0 Å². The van der Waals surface area contributed by atoms with Gasteiger partial charge in [0, 0.05) is 11.1 Å². The zero-order valence-electron chi connectivity index (χ0n) is 16.3. The van der Waals surface area contributed by atoms with Crippen molar-refractivity contribution >= 4 is 0 Å². The summed E-state index contributed by atoms with van der Waals surface area (Å²) in [5.41, 5.74) is 5.68. The lowest BCUT2D eigenvalue weighted by atomic mass is 10.0. The predicted octanol–water partition coefficient (Wildman–Crippen LogP) is 7.24. The van der Waals surface area contributed by atoms with E-state index >= 15 is 0 Å². The molecule has 140 valence electrons. The van der Waals surface area contributed by atoms with Crippen LogP contribution in [0.3, 0.4) is 0 Å². The number of nitrogens with zero attached hydrogens (tertiary/aromatic N) is 1. The van der Waals surface area contributed by atoms with E-state index in [9.17, 15) is 4.39 Å². The maximum absolute atomic E-state index is 14.7. The van der Waals surface area contributed by atoms with Gasteiger partial charge in [0.15, 0.2) is 0 Å². The van der Waals surface area contributed by atoms with Gasteiger partial charge in [0.1, 0.15) is 0 Å². The SMILES string of the molecule is CCCCCc1ccc(-c2ccc(-c3ccc(CCC)cc3)nc2F)cc1. The second-order valence-corrected chi connectivity index (χ2v) is 7.14. The number of hydrogen-bond acceptors (Lipinski definition) is 1. The van der Waals surface area contributed by atoms with E-state index in [0.717, 1.165) is 30.4 Å². The Morgan fingerprint density at radius 1 is 0.667 bits per heavy atom. The summed E-state index contributed by atoms with van der Waals surface area (Å²) >= 11 is 0. The average molecular weight is 362 g/mol. The van der Waals surface area contributed by atoms with E-state index in [4.69, 9.17) is 0 Å². The van der Waals surface area contributed by atoms with Gasteiger partial charge in [-0.1, -0.05) is 81.6 Å². The fraction of sp³-hybridized carbons (Fsp3) is 0.320. The Kier molecular flexibility index (Phi) is 6.75. The smallest absolute Gasteiger partial charge is 0.219 e. The molecule has 0 saturated carbocycles. The van der Waals surface area contributed by atoms with Crippen LogP contribution >= 0.6 is 0 Å². The van der Waals surface area contributed by atoms with Gasteiger partial charge in [0.2, 0.25) is 5.95 Å². The van der Waals surface area contributed by atoms with E-state index in [1.165, 1.54) is 30.4 Å². The summed E-state index contributed by atoms with van der Waals surface area (Å²) in [7, 11) is 0. The minimum atomic E-state index is -0.413.